The van der Waals surface area contributed by atoms with Crippen LogP contribution in [0.3, 0.4) is 0 Å². The lowest BCUT2D eigenvalue weighted by Crippen LogP contribution is -2.38. The van der Waals surface area contributed by atoms with Gasteiger partial charge in [-0.25, -0.2) is 0 Å². The molecule has 1 amide bonds. The first-order valence-electron chi connectivity index (χ1n) is 8.55. The Hall–Kier alpha value is -1.69. The van der Waals surface area contributed by atoms with Crippen LogP contribution in [-0.4, -0.2) is 48.7 Å². The molecule has 1 fully saturated rings. The van der Waals surface area contributed by atoms with Crippen LogP contribution in [0.4, 0.5) is 0 Å². The molecule has 1 aliphatic rings. The van der Waals surface area contributed by atoms with Gasteiger partial charge in [0, 0.05) is 29.4 Å². The summed E-state index contributed by atoms with van der Waals surface area (Å²) in [7, 11) is 3.62. The molecule has 0 unspecified atom stereocenters. The van der Waals surface area contributed by atoms with Gasteiger partial charge in [0.25, 0.3) is 0 Å². The van der Waals surface area contributed by atoms with Crippen molar-refractivity contribution in [3.63, 3.8) is 0 Å². The van der Waals surface area contributed by atoms with Gasteiger partial charge in [-0.2, -0.15) is 0 Å². The maximum atomic E-state index is 12.9. The summed E-state index contributed by atoms with van der Waals surface area (Å²) in [5.74, 6) is 1.89. The molecule has 4 nitrogen and oxygen atoms in total. The zero-order valence-corrected chi connectivity index (χ0v) is 16.6. The Labute approximate surface area is 164 Å². The van der Waals surface area contributed by atoms with Crippen LogP contribution in [-0.2, 0) is 11.3 Å². The number of thioether (sulfide) groups is 1. The Morgan fingerprint density at radius 1 is 1.31 bits per heavy atom. The molecule has 0 aliphatic carbocycles. The van der Waals surface area contributed by atoms with Crippen molar-refractivity contribution in [3.8, 4) is 5.75 Å². The Morgan fingerprint density at radius 2 is 2.12 bits per heavy atom. The van der Waals surface area contributed by atoms with E-state index in [2.05, 4.69) is 0 Å². The molecule has 26 heavy (non-hydrogen) atoms. The summed E-state index contributed by atoms with van der Waals surface area (Å²) >= 11 is 8.11. The molecule has 1 aliphatic heterocycles. The Balaban J connectivity index is 1.64. The molecule has 2 aromatic rings. The zero-order valence-electron chi connectivity index (χ0n) is 15.0. The highest BCUT2D eigenvalue weighted by Gasteiger charge is 2.32. The van der Waals surface area contributed by atoms with Crippen molar-refractivity contribution in [3.05, 3.63) is 64.7 Å². The van der Waals surface area contributed by atoms with Crippen molar-refractivity contribution >= 4 is 29.3 Å². The van der Waals surface area contributed by atoms with Crippen molar-refractivity contribution in [2.24, 2.45) is 0 Å². The Morgan fingerprint density at radius 3 is 2.88 bits per heavy atom. The molecule has 0 spiro atoms. The van der Waals surface area contributed by atoms with Crippen molar-refractivity contribution in [1.29, 1.82) is 0 Å². The second-order valence-corrected chi connectivity index (χ2v) is 7.95. The van der Waals surface area contributed by atoms with Gasteiger partial charge in [0.2, 0.25) is 5.91 Å². The third-order valence-electron chi connectivity index (χ3n) is 4.37. The number of benzene rings is 2. The summed E-state index contributed by atoms with van der Waals surface area (Å²) in [5, 5.41) is 0.718. The predicted molar refractivity (Wildman–Crippen MR) is 108 cm³/mol. The minimum atomic E-state index is 0.00131. The molecule has 0 saturated carbocycles. The van der Waals surface area contributed by atoms with E-state index in [4.69, 9.17) is 16.3 Å². The van der Waals surface area contributed by atoms with Gasteiger partial charge < -0.3 is 9.64 Å². The molecule has 138 valence electrons. The van der Waals surface area contributed by atoms with Gasteiger partial charge in [0.05, 0.1) is 13.7 Å². The molecular weight excluding hydrogens is 368 g/mol. The molecule has 1 heterocycles. The van der Waals surface area contributed by atoms with Crippen LogP contribution in [0.1, 0.15) is 16.5 Å². The monoisotopic (exact) mass is 390 g/mol. The lowest BCUT2D eigenvalue weighted by Gasteiger charge is -2.27. The molecule has 1 saturated heterocycles. The van der Waals surface area contributed by atoms with Gasteiger partial charge in [-0.3, -0.25) is 9.69 Å². The highest BCUT2D eigenvalue weighted by molar-refractivity contribution is 7.99. The van der Waals surface area contributed by atoms with E-state index in [1.54, 1.807) is 18.9 Å². The van der Waals surface area contributed by atoms with Crippen LogP contribution >= 0.6 is 23.4 Å². The van der Waals surface area contributed by atoms with Crippen molar-refractivity contribution in [2.45, 2.75) is 11.9 Å². The van der Waals surface area contributed by atoms with Gasteiger partial charge in [0.15, 0.2) is 0 Å². The maximum Gasteiger partial charge on any atom is 0.237 e. The van der Waals surface area contributed by atoms with Crippen LogP contribution < -0.4 is 4.74 Å². The smallest absolute Gasteiger partial charge is 0.237 e. The van der Waals surface area contributed by atoms with E-state index in [1.807, 2.05) is 65.4 Å². The van der Waals surface area contributed by atoms with E-state index in [0.717, 1.165) is 34.2 Å². The van der Waals surface area contributed by atoms with Gasteiger partial charge in [-0.1, -0.05) is 41.9 Å². The first-order valence-corrected chi connectivity index (χ1v) is 9.98. The van der Waals surface area contributed by atoms with Gasteiger partial charge in [-0.05, 0) is 30.8 Å². The summed E-state index contributed by atoms with van der Waals surface area (Å²) in [5.41, 5.74) is 2.14. The maximum absolute atomic E-state index is 12.9. The number of rotatable bonds is 6. The van der Waals surface area contributed by atoms with Gasteiger partial charge >= 0.3 is 0 Å². The molecule has 0 radical (unpaired) electrons. The van der Waals surface area contributed by atoms with E-state index in [-0.39, 0.29) is 11.3 Å². The van der Waals surface area contributed by atoms with Crippen LogP contribution in [0.15, 0.2) is 48.5 Å². The number of ether oxygens (including phenoxy) is 1. The summed E-state index contributed by atoms with van der Waals surface area (Å²) in [6, 6.07) is 15.7. The van der Waals surface area contributed by atoms with E-state index in [9.17, 15) is 4.79 Å². The summed E-state index contributed by atoms with van der Waals surface area (Å²) < 4.78 is 5.26. The molecule has 0 N–H and O–H groups in total. The Kier molecular flexibility index (Phi) is 6.46. The van der Waals surface area contributed by atoms with E-state index in [1.165, 1.54) is 0 Å². The largest absolute Gasteiger partial charge is 0.497 e. The quantitative estimate of drug-likeness (QED) is 0.744. The molecule has 0 aromatic heterocycles. The van der Waals surface area contributed by atoms with Crippen LogP contribution in [0.25, 0.3) is 0 Å². The minimum Gasteiger partial charge on any atom is -0.497 e. The molecule has 0 bridgehead atoms. The SMILES string of the molecule is COc1cccc(CN(C)CC(=O)N2CCS[C@H]2c2ccccc2Cl)c1. The van der Waals surface area contributed by atoms with Gasteiger partial charge in [-0.15, -0.1) is 11.8 Å². The number of carbonyl (C=O) groups is 1. The second-order valence-electron chi connectivity index (χ2n) is 6.36. The third-order valence-corrected chi connectivity index (χ3v) is 5.96. The van der Waals surface area contributed by atoms with E-state index in [0.29, 0.717) is 13.1 Å². The van der Waals surface area contributed by atoms with E-state index < -0.39 is 0 Å². The number of amides is 1. The van der Waals surface area contributed by atoms with Crippen LogP contribution in [0, 0.1) is 0 Å². The predicted octanol–water partition coefficient (Wildman–Crippen LogP) is 4.05. The molecule has 6 heteroatoms. The Bertz CT molecular complexity index is 771. The molecule has 1 atom stereocenters. The highest BCUT2D eigenvalue weighted by atomic mass is 35.5. The molecular formula is C20H23ClN2O2S. The average molecular weight is 391 g/mol. The number of carbonyl (C=O) groups excluding carboxylic acids is 1. The van der Waals surface area contributed by atoms with Crippen molar-refractivity contribution < 1.29 is 9.53 Å². The highest BCUT2D eigenvalue weighted by Crippen LogP contribution is 2.40. The fourth-order valence-corrected chi connectivity index (χ4v) is 4.74. The molecule has 3 rings (SSSR count). The van der Waals surface area contributed by atoms with Crippen LogP contribution in [0.2, 0.25) is 5.02 Å². The summed E-state index contributed by atoms with van der Waals surface area (Å²) in [6.45, 7) is 1.83. The first kappa shape index (κ1) is 19.1. The number of likely N-dealkylation sites (N-methyl/N-ethyl adjacent to an activating group) is 1. The van der Waals surface area contributed by atoms with Crippen LogP contribution in [0.5, 0.6) is 5.75 Å². The number of halogens is 1. The topological polar surface area (TPSA) is 32.8 Å². The second kappa shape index (κ2) is 8.80. The summed E-state index contributed by atoms with van der Waals surface area (Å²) in [4.78, 5) is 16.8. The fourth-order valence-electron chi connectivity index (χ4n) is 3.12. The van der Waals surface area contributed by atoms with Gasteiger partial charge in [0.1, 0.15) is 11.1 Å². The fraction of sp³-hybridized carbons (Fsp3) is 0.350. The number of hydrogen-bond donors (Lipinski definition) is 0. The first-order chi connectivity index (χ1) is 12.6. The third kappa shape index (κ3) is 4.53. The van der Waals surface area contributed by atoms with E-state index >= 15 is 0 Å². The minimum absolute atomic E-state index is 0.00131. The molecule has 2 aromatic carbocycles. The normalized spacial score (nSPS) is 16.9. The van der Waals surface area contributed by atoms with Crippen molar-refractivity contribution in [1.82, 2.24) is 9.80 Å². The zero-order chi connectivity index (χ0) is 18.5. The number of nitrogens with zero attached hydrogens (tertiary/aromatic N) is 2. The lowest BCUT2D eigenvalue weighted by molar-refractivity contribution is -0.132. The standard InChI is InChI=1S/C20H23ClN2O2S/c1-22(13-15-6-5-7-16(12-15)25-2)14-19(24)23-10-11-26-20(23)17-8-3-4-9-18(17)21/h3-9,12,20H,10-11,13-14H2,1-2H3/t20-/m0/s1. The average Bonchev–Trinajstić information content (AvgIpc) is 3.11. The number of hydrogen-bond acceptors (Lipinski definition) is 4. The number of methoxy groups -OCH3 is 1. The van der Waals surface area contributed by atoms with Crippen molar-refractivity contribution in [2.75, 3.05) is 33.0 Å². The lowest BCUT2D eigenvalue weighted by atomic mass is 10.2. The summed E-state index contributed by atoms with van der Waals surface area (Å²) in [6.07, 6.45) is 0.